The third-order valence-corrected chi connectivity index (χ3v) is 7.89. The highest BCUT2D eigenvalue weighted by molar-refractivity contribution is 6.12. The molecule has 198 valence electrons. The summed E-state index contributed by atoms with van der Waals surface area (Å²) >= 11 is 0. The number of esters is 1. The third-order valence-electron chi connectivity index (χ3n) is 7.89. The molecule has 3 saturated carbocycles. The molecule has 0 radical (unpaired) electrons. The van der Waals surface area contributed by atoms with Gasteiger partial charge < -0.3 is 19.8 Å². The maximum absolute atomic E-state index is 13.6. The molecule has 0 unspecified atom stereocenters. The molecule has 0 aliphatic heterocycles. The summed E-state index contributed by atoms with van der Waals surface area (Å²) in [4.78, 5) is 38.5. The van der Waals surface area contributed by atoms with Crippen LogP contribution in [0.15, 0.2) is 65.1 Å². The molecule has 1 aromatic heterocycles. The zero-order valence-electron chi connectivity index (χ0n) is 21.6. The van der Waals surface area contributed by atoms with Crippen molar-refractivity contribution in [3.8, 4) is 22.5 Å². The average molecular weight is 527 g/mol. The minimum absolute atomic E-state index is 0.0371. The number of hydrogen-bond donors (Lipinski definition) is 2. The van der Waals surface area contributed by atoms with E-state index in [9.17, 15) is 18.8 Å². The van der Waals surface area contributed by atoms with E-state index in [1.165, 1.54) is 26.3 Å². The summed E-state index contributed by atoms with van der Waals surface area (Å²) in [6.45, 7) is 0. The van der Waals surface area contributed by atoms with Crippen molar-refractivity contribution in [3.05, 3.63) is 83.2 Å². The Balaban J connectivity index is 1.49. The second-order valence-corrected chi connectivity index (χ2v) is 10.4. The van der Waals surface area contributed by atoms with Gasteiger partial charge in [-0.3, -0.25) is 14.4 Å². The Labute approximate surface area is 224 Å². The summed E-state index contributed by atoms with van der Waals surface area (Å²) in [5.41, 5.74) is 3.70. The van der Waals surface area contributed by atoms with E-state index in [1.54, 1.807) is 42.5 Å². The Bertz CT molecular complexity index is 1620. The van der Waals surface area contributed by atoms with E-state index < -0.39 is 11.8 Å². The Morgan fingerprint density at radius 1 is 1.00 bits per heavy atom. The van der Waals surface area contributed by atoms with E-state index in [0.717, 1.165) is 25.2 Å². The number of carbonyl (C=O) groups is 3. The van der Waals surface area contributed by atoms with Crippen LogP contribution in [0.5, 0.6) is 0 Å². The maximum atomic E-state index is 13.6. The summed E-state index contributed by atoms with van der Waals surface area (Å²) in [6, 6.07) is 16.4. The van der Waals surface area contributed by atoms with Crippen LogP contribution in [0.3, 0.4) is 0 Å². The van der Waals surface area contributed by atoms with Crippen molar-refractivity contribution < 1.29 is 27.9 Å². The molecule has 2 bridgehead atoms. The first-order chi connectivity index (χ1) is 18.8. The number of carbonyl (C=O) groups excluding carboxylic acids is 3. The lowest BCUT2D eigenvalue weighted by Gasteiger charge is -2.61. The van der Waals surface area contributed by atoms with Crippen molar-refractivity contribution in [1.82, 2.24) is 10.6 Å². The number of halogens is 1. The number of benzene rings is 3. The van der Waals surface area contributed by atoms with Gasteiger partial charge in [-0.25, -0.2) is 4.39 Å². The second-order valence-electron chi connectivity index (χ2n) is 10.4. The van der Waals surface area contributed by atoms with Crippen LogP contribution >= 0.6 is 0 Å². The van der Waals surface area contributed by atoms with Gasteiger partial charge in [-0.05, 0) is 90.4 Å². The molecule has 0 atom stereocenters. The first-order valence-electron chi connectivity index (χ1n) is 12.9. The summed E-state index contributed by atoms with van der Waals surface area (Å²) < 4.78 is 24.7. The molecule has 2 N–H and O–H groups in total. The van der Waals surface area contributed by atoms with Crippen LogP contribution in [-0.2, 0) is 16.0 Å². The number of nitrogens with one attached hydrogen (secondary N) is 2. The van der Waals surface area contributed by atoms with Gasteiger partial charge in [0.05, 0.1) is 19.1 Å². The fourth-order valence-corrected chi connectivity index (χ4v) is 5.76. The van der Waals surface area contributed by atoms with E-state index in [0.29, 0.717) is 44.3 Å². The molecule has 3 aromatic carbocycles. The van der Waals surface area contributed by atoms with Gasteiger partial charge in [0.15, 0.2) is 0 Å². The summed E-state index contributed by atoms with van der Waals surface area (Å²) in [6.07, 6.45) is 3.08. The number of hydrogen-bond acceptors (Lipinski definition) is 5. The van der Waals surface area contributed by atoms with Crippen LogP contribution in [0.2, 0.25) is 0 Å². The molecule has 0 saturated heterocycles. The highest BCUT2D eigenvalue weighted by atomic mass is 19.1. The van der Waals surface area contributed by atoms with Crippen molar-refractivity contribution in [2.45, 2.75) is 31.2 Å². The van der Waals surface area contributed by atoms with Crippen molar-refractivity contribution >= 4 is 28.8 Å². The van der Waals surface area contributed by atoms with Crippen LogP contribution in [-0.4, -0.2) is 37.5 Å². The topological polar surface area (TPSA) is 97.6 Å². The van der Waals surface area contributed by atoms with Crippen LogP contribution in [0.4, 0.5) is 4.39 Å². The first kappa shape index (κ1) is 24.9. The van der Waals surface area contributed by atoms with E-state index in [1.807, 2.05) is 6.07 Å². The molecule has 7 rings (SSSR count). The number of rotatable bonds is 7. The van der Waals surface area contributed by atoms with Gasteiger partial charge in [0, 0.05) is 29.1 Å². The van der Waals surface area contributed by atoms with Gasteiger partial charge in [-0.1, -0.05) is 12.1 Å². The standard InChI is InChI=1S/C31H27FN2O5/c1-33-30(37)27-24-13-23(19-4-3-5-20(10-19)29(36)34-31-14-17(15-31)16-31)21(12-26(35)38-2)11-25(24)39-28(27)18-6-8-22(32)9-7-18/h3-11,13,17H,12,14-16H2,1-2H3,(H,33,37)(H,34,36). The fraction of sp³-hybridized carbons (Fsp3) is 0.258. The molecule has 39 heavy (non-hydrogen) atoms. The zero-order valence-corrected chi connectivity index (χ0v) is 21.6. The van der Waals surface area contributed by atoms with Gasteiger partial charge in [0.2, 0.25) is 0 Å². The van der Waals surface area contributed by atoms with Crippen molar-refractivity contribution in [2.75, 3.05) is 14.2 Å². The smallest absolute Gasteiger partial charge is 0.310 e. The van der Waals surface area contributed by atoms with Crippen molar-refractivity contribution in [1.29, 1.82) is 0 Å². The zero-order chi connectivity index (χ0) is 27.3. The minimum Gasteiger partial charge on any atom is -0.469 e. The number of ether oxygens (including phenoxy) is 1. The molecule has 3 fully saturated rings. The molecule has 0 spiro atoms. The predicted molar refractivity (Wildman–Crippen MR) is 144 cm³/mol. The van der Waals surface area contributed by atoms with Crippen LogP contribution < -0.4 is 10.6 Å². The summed E-state index contributed by atoms with van der Waals surface area (Å²) in [5.74, 6) is -0.308. The van der Waals surface area contributed by atoms with E-state index in [-0.39, 0.29) is 29.5 Å². The van der Waals surface area contributed by atoms with E-state index in [4.69, 9.17) is 9.15 Å². The lowest BCUT2D eigenvalue weighted by Crippen LogP contribution is -2.68. The number of amides is 2. The second kappa shape index (κ2) is 9.38. The quantitative estimate of drug-likeness (QED) is 0.320. The van der Waals surface area contributed by atoms with Gasteiger partial charge in [-0.15, -0.1) is 0 Å². The fourth-order valence-electron chi connectivity index (χ4n) is 5.76. The highest BCUT2D eigenvalue weighted by Gasteiger charge is 2.57. The van der Waals surface area contributed by atoms with E-state index in [2.05, 4.69) is 10.6 Å². The molecule has 4 aromatic rings. The first-order valence-corrected chi connectivity index (χ1v) is 12.9. The largest absolute Gasteiger partial charge is 0.469 e. The molecule has 3 aliphatic rings. The monoisotopic (exact) mass is 526 g/mol. The molecule has 8 heteroatoms. The van der Waals surface area contributed by atoms with Gasteiger partial charge in [-0.2, -0.15) is 0 Å². The van der Waals surface area contributed by atoms with Gasteiger partial charge in [0.25, 0.3) is 11.8 Å². The Morgan fingerprint density at radius 3 is 2.38 bits per heavy atom. The van der Waals surface area contributed by atoms with Gasteiger partial charge >= 0.3 is 5.97 Å². The van der Waals surface area contributed by atoms with Crippen LogP contribution in [0.25, 0.3) is 33.4 Å². The molecule has 3 aliphatic carbocycles. The molecule has 2 amide bonds. The maximum Gasteiger partial charge on any atom is 0.310 e. The predicted octanol–water partition coefficient (Wildman–Crippen LogP) is 5.26. The highest BCUT2D eigenvalue weighted by Crippen LogP contribution is 2.57. The average Bonchev–Trinajstić information content (AvgIpc) is 3.27. The van der Waals surface area contributed by atoms with Crippen LogP contribution in [0.1, 0.15) is 45.5 Å². The van der Waals surface area contributed by atoms with Crippen molar-refractivity contribution in [3.63, 3.8) is 0 Å². The minimum atomic E-state index is -0.440. The number of fused-ring (bicyclic) bond motifs is 1. The lowest BCUT2D eigenvalue weighted by atomic mass is 9.50. The Morgan fingerprint density at radius 2 is 1.74 bits per heavy atom. The Hall–Kier alpha value is -4.46. The molecule has 7 nitrogen and oxygen atoms in total. The Kier molecular flexibility index (Phi) is 5.98. The van der Waals surface area contributed by atoms with Gasteiger partial charge in [0.1, 0.15) is 17.2 Å². The molecular formula is C31H27FN2O5. The van der Waals surface area contributed by atoms with E-state index >= 15 is 0 Å². The van der Waals surface area contributed by atoms with Crippen molar-refractivity contribution in [2.24, 2.45) is 5.92 Å². The number of methoxy groups -OCH3 is 1. The lowest BCUT2D eigenvalue weighted by molar-refractivity contribution is -0.139. The summed E-state index contributed by atoms with van der Waals surface area (Å²) in [7, 11) is 2.84. The normalized spacial score (nSPS) is 19.1. The third kappa shape index (κ3) is 4.35. The SMILES string of the molecule is CNC(=O)c1c(-c2ccc(F)cc2)oc2cc(CC(=O)OC)c(-c3cccc(C(=O)NC45CC(C4)C5)c3)cc12. The molecular weight excluding hydrogens is 499 g/mol. The number of furan rings is 1. The summed E-state index contributed by atoms with van der Waals surface area (Å²) in [5, 5.41) is 6.37. The molecule has 1 heterocycles. The van der Waals surface area contributed by atoms with Crippen LogP contribution in [0, 0.1) is 11.7 Å².